The number of likely N-dealkylation sites (tertiary alicyclic amines) is 1. The maximum Gasteiger partial charge on any atom is 0.126 e. The fourth-order valence-corrected chi connectivity index (χ4v) is 5.84. The number of halogens is 2. The summed E-state index contributed by atoms with van der Waals surface area (Å²) in [6.45, 7) is 6.79. The van der Waals surface area contributed by atoms with Crippen molar-refractivity contribution in [2.75, 3.05) is 42.6 Å². The molecule has 2 aliphatic heterocycles. The number of hydrogen-bond donors (Lipinski definition) is 0. The molecule has 1 fully saturated rings. The Morgan fingerprint density at radius 3 is 2.90 bits per heavy atom. The molecule has 5 heteroatoms. The van der Waals surface area contributed by atoms with E-state index in [1.165, 1.54) is 23.7 Å². The summed E-state index contributed by atoms with van der Waals surface area (Å²) in [6.07, 6.45) is 2.19. The topological polar surface area (TPSA) is 15.7 Å². The molecule has 0 amide bonds. The first-order chi connectivity index (χ1) is 14.5. The van der Waals surface area contributed by atoms with E-state index in [0.717, 1.165) is 38.3 Å². The Hall–Kier alpha value is -1.60. The van der Waals surface area contributed by atoms with Crippen LogP contribution in [0.15, 0.2) is 42.5 Å². The molecule has 0 N–H and O–H groups in total. The Morgan fingerprint density at radius 1 is 1.27 bits per heavy atom. The molecule has 162 valence electrons. The fraction of sp³-hybridized carbons (Fsp3) is 0.440. The minimum atomic E-state index is -1.08. The van der Waals surface area contributed by atoms with Crippen LogP contribution in [0.4, 0.5) is 10.1 Å². The van der Waals surface area contributed by atoms with Crippen LogP contribution in [-0.4, -0.2) is 57.2 Å². The van der Waals surface area contributed by atoms with E-state index in [-0.39, 0.29) is 5.82 Å². The van der Waals surface area contributed by atoms with Crippen molar-refractivity contribution < 1.29 is 9.13 Å². The zero-order valence-corrected chi connectivity index (χ0v) is 20.1. The highest BCUT2D eigenvalue weighted by atomic mass is 127. The lowest BCUT2D eigenvalue weighted by Gasteiger charge is -2.38. The second kappa shape index (κ2) is 9.69. The fourth-order valence-electron chi connectivity index (χ4n) is 4.74. The SMILES string of the molecule is C=I(C)=CCN1c2ccccc2[C@@H]2CN(CCCOc3ccc(F)c(C)c3)CC[C@@H]21. The number of nitrogens with zero attached hydrogens (tertiary/aromatic N) is 2. The van der Waals surface area contributed by atoms with Gasteiger partial charge in [0.1, 0.15) is 11.6 Å². The summed E-state index contributed by atoms with van der Waals surface area (Å²) in [6, 6.07) is 14.5. The number of aryl methyl sites for hydroxylation is 1. The summed E-state index contributed by atoms with van der Waals surface area (Å²) >= 11 is -1.08. The molecule has 0 spiro atoms. The first-order valence-corrected chi connectivity index (χ1v) is 15.6. The average molecular weight is 522 g/mol. The van der Waals surface area contributed by atoms with E-state index in [4.69, 9.17) is 4.74 Å². The normalized spacial score (nSPS) is 22.0. The predicted octanol–water partition coefficient (Wildman–Crippen LogP) is 4.95. The Labute approximate surface area is 186 Å². The van der Waals surface area contributed by atoms with Gasteiger partial charge < -0.3 is 14.5 Å². The van der Waals surface area contributed by atoms with Crippen molar-refractivity contribution in [2.45, 2.75) is 31.7 Å². The Balaban J connectivity index is 1.33. The maximum atomic E-state index is 13.4. The molecular weight excluding hydrogens is 490 g/mol. The summed E-state index contributed by atoms with van der Waals surface area (Å²) in [5, 5.41) is 0. The van der Waals surface area contributed by atoms with E-state index in [0.29, 0.717) is 24.1 Å². The molecular formula is C25H32FIN2O. The lowest BCUT2D eigenvalue weighted by molar-refractivity contribution is 0.179. The zero-order valence-electron chi connectivity index (χ0n) is 18.0. The van der Waals surface area contributed by atoms with Crippen LogP contribution in [0.2, 0.25) is 0 Å². The van der Waals surface area contributed by atoms with Gasteiger partial charge in [-0.05, 0) is 64.1 Å². The highest BCUT2D eigenvalue weighted by Gasteiger charge is 2.40. The van der Waals surface area contributed by atoms with Gasteiger partial charge in [-0.1, -0.05) is 22.7 Å². The summed E-state index contributed by atoms with van der Waals surface area (Å²) < 4.78 is 26.0. The van der Waals surface area contributed by atoms with Gasteiger partial charge in [-0.25, -0.2) is 4.39 Å². The molecule has 0 saturated carbocycles. The van der Waals surface area contributed by atoms with Gasteiger partial charge >= 0.3 is 0 Å². The van der Waals surface area contributed by atoms with Crippen LogP contribution in [-0.2, 0) is 0 Å². The van der Waals surface area contributed by atoms with Gasteiger partial charge in [-0.3, -0.25) is 0 Å². The first kappa shape index (κ1) is 21.6. The zero-order chi connectivity index (χ0) is 21.1. The monoisotopic (exact) mass is 522 g/mol. The number of para-hydroxylation sites is 1. The Morgan fingerprint density at radius 2 is 2.10 bits per heavy atom. The highest BCUT2D eigenvalue weighted by molar-refractivity contribution is 14.2. The smallest absolute Gasteiger partial charge is 0.126 e. The van der Waals surface area contributed by atoms with Crippen LogP contribution >= 0.6 is 18.9 Å². The molecule has 0 bridgehead atoms. The molecule has 0 radical (unpaired) electrons. The lowest BCUT2D eigenvalue weighted by atomic mass is 9.89. The van der Waals surface area contributed by atoms with Gasteiger partial charge in [0.2, 0.25) is 0 Å². The largest absolute Gasteiger partial charge is 0.494 e. The van der Waals surface area contributed by atoms with Crippen molar-refractivity contribution in [3.63, 3.8) is 0 Å². The molecule has 2 aliphatic rings. The van der Waals surface area contributed by atoms with Gasteiger partial charge in [-0.15, -0.1) is 0 Å². The maximum absolute atomic E-state index is 13.4. The summed E-state index contributed by atoms with van der Waals surface area (Å²) in [5.74, 6) is 1.17. The van der Waals surface area contributed by atoms with Crippen LogP contribution in [0.25, 0.3) is 0 Å². The first-order valence-electron chi connectivity index (χ1n) is 10.7. The van der Waals surface area contributed by atoms with Crippen LogP contribution in [0.3, 0.4) is 0 Å². The molecule has 2 aromatic carbocycles. The number of alkyl halides is 1. The molecule has 30 heavy (non-hydrogen) atoms. The molecule has 2 aromatic rings. The molecule has 0 unspecified atom stereocenters. The number of piperidine rings is 1. The van der Waals surface area contributed by atoms with Gasteiger partial charge in [0.05, 0.1) is 6.61 Å². The van der Waals surface area contributed by atoms with E-state index < -0.39 is 18.9 Å². The van der Waals surface area contributed by atoms with Crippen LogP contribution in [0.5, 0.6) is 5.75 Å². The van der Waals surface area contributed by atoms with Crippen molar-refractivity contribution in [3.05, 3.63) is 59.4 Å². The summed E-state index contributed by atoms with van der Waals surface area (Å²) in [7, 11) is 0. The molecule has 4 rings (SSSR count). The quantitative estimate of drug-likeness (QED) is 0.291. The number of anilines is 1. The highest BCUT2D eigenvalue weighted by Crippen LogP contribution is 2.44. The van der Waals surface area contributed by atoms with Crippen molar-refractivity contribution >= 4 is 33.1 Å². The third-order valence-electron chi connectivity index (χ3n) is 6.25. The van der Waals surface area contributed by atoms with E-state index in [9.17, 15) is 4.39 Å². The minimum Gasteiger partial charge on any atom is -0.494 e. The number of benzene rings is 2. The summed E-state index contributed by atoms with van der Waals surface area (Å²) in [4.78, 5) is 7.53. The van der Waals surface area contributed by atoms with E-state index in [1.54, 1.807) is 19.1 Å². The van der Waals surface area contributed by atoms with Gasteiger partial charge in [0, 0.05) is 43.8 Å². The third kappa shape index (κ3) is 4.83. The number of hydrogen-bond acceptors (Lipinski definition) is 3. The molecule has 2 atom stereocenters. The van der Waals surface area contributed by atoms with E-state index in [1.807, 2.05) is 0 Å². The average Bonchev–Trinajstić information content (AvgIpc) is 3.05. The minimum absolute atomic E-state index is 0.180. The third-order valence-corrected chi connectivity index (χ3v) is 8.15. The molecule has 1 saturated heterocycles. The van der Waals surface area contributed by atoms with E-state index >= 15 is 0 Å². The van der Waals surface area contributed by atoms with Crippen molar-refractivity contribution in [3.8, 4) is 5.75 Å². The molecule has 0 aromatic heterocycles. The Kier molecular flexibility index (Phi) is 6.98. The van der Waals surface area contributed by atoms with Crippen LogP contribution in [0, 0.1) is 12.7 Å². The standard InChI is InChI=1S/C25H32FIN2O/c1-19-17-20(9-10-23(19)26)30-16-6-13-28-14-11-25-22(18-28)21-7-4-5-8-24(21)29(25)15-12-27(2)3/h4-5,7-10,12,17,22,25H,2,6,11,13-16,18H2,1,3H3/t22-,25-/m0/s1. The predicted molar refractivity (Wildman–Crippen MR) is 136 cm³/mol. The molecule has 0 aliphatic carbocycles. The van der Waals surface area contributed by atoms with Crippen LogP contribution < -0.4 is 9.64 Å². The van der Waals surface area contributed by atoms with Gasteiger partial charge in [0.15, 0.2) is 0 Å². The second-order valence-corrected chi connectivity index (χ2v) is 12.9. The summed E-state index contributed by atoms with van der Waals surface area (Å²) in [5.41, 5.74) is 3.57. The second-order valence-electron chi connectivity index (χ2n) is 8.38. The van der Waals surface area contributed by atoms with Gasteiger partial charge in [0.25, 0.3) is 0 Å². The number of fused-ring (bicyclic) bond motifs is 3. The molecule has 2 heterocycles. The van der Waals surface area contributed by atoms with Crippen molar-refractivity contribution in [1.29, 1.82) is 0 Å². The van der Waals surface area contributed by atoms with E-state index in [2.05, 4.69) is 47.5 Å². The Bertz CT molecular complexity index is 969. The number of rotatable bonds is 7. The molecule has 3 nitrogen and oxygen atoms in total. The number of ether oxygens (including phenoxy) is 1. The lowest BCUT2D eigenvalue weighted by Crippen LogP contribution is -2.47. The van der Waals surface area contributed by atoms with Crippen molar-refractivity contribution in [2.24, 2.45) is 0 Å². The van der Waals surface area contributed by atoms with Gasteiger partial charge in [-0.2, -0.15) is 18.9 Å². The van der Waals surface area contributed by atoms with Crippen molar-refractivity contribution in [1.82, 2.24) is 4.90 Å². The van der Waals surface area contributed by atoms with Crippen LogP contribution in [0.1, 0.15) is 29.9 Å².